The van der Waals surface area contributed by atoms with Gasteiger partial charge in [0, 0.05) is 31.8 Å². The van der Waals surface area contributed by atoms with Crippen molar-refractivity contribution in [3.05, 3.63) is 75.7 Å². The molecule has 5 nitrogen and oxygen atoms in total. The third kappa shape index (κ3) is 3.44. The fraction of sp³-hybridized carbons (Fsp3) is 0.227. The molecule has 2 heterocycles. The maximum Gasteiger partial charge on any atom is 0.262 e. The first-order valence-electron chi connectivity index (χ1n) is 9.25. The molecule has 0 aliphatic heterocycles. The van der Waals surface area contributed by atoms with Crippen LogP contribution in [-0.4, -0.2) is 20.1 Å². The molecule has 2 aromatic carbocycles. The highest BCUT2D eigenvalue weighted by Crippen LogP contribution is 2.23. The zero-order chi connectivity index (χ0) is 20.7. The van der Waals surface area contributed by atoms with Gasteiger partial charge in [-0.15, -0.1) is 0 Å². The van der Waals surface area contributed by atoms with Gasteiger partial charge in [-0.25, -0.2) is 8.78 Å². The van der Waals surface area contributed by atoms with Gasteiger partial charge >= 0.3 is 0 Å². The van der Waals surface area contributed by atoms with Crippen LogP contribution in [0.2, 0.25) is 0 Å². The number of Topliss-reactive ketones (excluding diaryl/α,β-unsaturated/α-hetero) is 1. The van der Waals surface area contributed by atoms with E-state index >= 15 is 0 Å². The summed E-state index contributed by atoms with van der Waals surface area (Å²) in [7, 11) is 1.72. The fourth-order valence-electron chi connectivity index (χ4n) is 3.65. The number of rotatable bonds is 5. The van der Waals surface area contributed by atoms with Gasteiger partial charge in [0.25, 0.3) is 5.56 Å². The predicted molar refractivity (Wildman–Crippen MR) is 107 cm³/mol. The Morgan fingerprint density at radius 3 is 2.66 bits per heavy atom. The molecule has 148 valence electrons. The summed E-state index contributed by atoms with van der Waals surface area (Å²) in [6.07, 6.45) is 1.45. The number of ketones is 1. The lowest BCUT2D eigenvalue weighted by atomic mass is 10.0. The largest absolute Gasteiger partial charge is 0.307 e. The number of pyridine rings is 1. The summed E-state index contributed by atoms with van der Waals surface area (Å²) in [5, 5.41) is 5.22. The molecule has 2 aromatic heterocycles. The van der Waals surface area contributed by atoms with Gasteiger partial charge in [0.2, 0.25) is 0 Å². The summed E-state index contributed by atoms with van der Waals surface area (Å²) in [5.41, 5.74) is 1.80. The standard InChI is InChI=1S/C22H19F2N3O2/c1-13-3-4-14(19(24)9-13)10-16(28)7-8-27-20-11-15(23)5-6-17(20)21-18(22(27)29)12-25-26(21)2/h3-6,9,11-12H,7-8,10H2,1-2H3. The minimum atomic E-state index is -0.472. The Morgan fingerprint density at radius 2 is 1.90 bits per heavy atom. The number of hydrogen-bond acceptors (Lipinski definition) is 3. The van der Waals surface area contributed by atoms with E-state index in [9.17, 15) is 18.4 Å². The number of halogens is 2. The average molecular weight is 395 g/mol. The van der Waals surface area contributed by atoms with Crippen molar-refractivity contribution < 1.29 is 13.6 Å². The van der Waals surface area contributed by atoms with Crippen molar-refractivity contribution in [1.82, 2.24) is 14.3 Å². The van der Waals surface area contributed by atoms with Gasteiger partial charge in [0.05, 0.1) is 22.6 Å². The molecule has 0 N–H and O–H groups in total. The molecule has 0 unspecified atom stereocenters. The highest BCUT2D eigenvalue weighted by Gasteiger charge is 2.16. The topological polar surface area (TPSA) is 56.9 Å². The van der Waals surface area contributed by atoms with Crippen molar-refractivity contribution in [3.63, 3.8) is 0 Å². The van der Waals surface area contributed by atoms with Crippen LogP contribution in [0, 0.1) is 18.6 Å². The predicted octanol–water partition coefficient (Wildman–Crippen LogP) is 3.68. The van der Waals surface area contributed by atoms with E-state index in [0.29, 0.717) is 27.4 Å². The van der Waals surface area contributed by atoms with Gasteiger partial charge < -0.3 is 4.57 Å². The quantitative estimate of drug-likeness (QED) is 0.518. The second-order valence-electron chi connectivity index (χ2n) is 7.21. The Kier molecular flexibility index (Phi) is 4.74. The van der Waals surface area contributed by atoms with Crippen molar-refractivity contribution in [2.24, 2.45) is 7.05 Å². The van der Waals surface area contributed by atoms with Crippen molar-refractivity contribution >= 4 is 27.6 Å². The number of fused-ring (bicyclic) bond motifs is 3. The first-order chi connectivity index (χ1) is 13.8. The molecular formula is C22H19F2N3O2. The Balaban J connectivity index is 1.68. The molecule has 29 heavy (non-hydrogen) atoms. The van der Waals surface area contributed by atoms with Crippen LogP contribution in [0.4, 0.5) is 8.78 Å². The van der Waals surface area contributed by atoms with Gasteiger partial charge in [-0.2, -0.15) is 5.10 Å². The number of benzene rings is 2. The molecule has 0 atom stereocenters. The Hall–Kier alpha value is -3.35. The molecule has 0 fully saturated rings. The van der Waals surface area contributed by atoms with E-state index in [1.165, 1.54) is 29.0 Å². The van der Waals surface area contributed by atoms with Crippen LogP contribution in [0.3, 0.4) is 0 Å². The summed E-state index contributed by atoms with van der Waals surface area (Å²) < 4.78 is 30.9. The molecule has 4 aromatic rings. The maximum absolute atomic E-state index is 14.0. The van der Waals surface area contributed by atoms with E-state index in [2.05, 4.69) is 5.10 Å². The molecular weight excluding hydrogens is 376 g/mol. The Morgan fingerprint density at radius 1 is 1.10 bits per heavy atom. The third-order valence-corrected chi connectivity index (χ3v) is 5.13. The zero-order valence-corrected chi connectivity index (χ0v) is 16.1. The van der Waals surface area contributed by atoms with Crippen molar-refractivity contribution in [2.45, 2.75) is 26.3 Å². The number of carbonyl (C=O) groups excluding carboxylic acids is 1. The van der Waals surface area contributed by atoms with Crippen LogP contribution in [0.5, 0.6) is 0 Å². The van der Waals surface area contributed by atoms with Crippen LogP contribution in [0.15, 0.2) is 47.4 Å². The monoisotopic (exact) mass is 395 g/mol. The average Bonchev–Trinajstić information content (AvgIpc) is 3.06. The van der Waals surface area contributed by atoms with Crippen LogP contribution in [0.25, 0.3) is 21.8 Å². The van der Waals surface area contributed by atoms with Gasteiger partial charge in [0.15, 0.2) is 0 Å². The zero-order valence-electron chi connectivity index (χ0n) is 16.1. The third-order valence-electron chi connectivity index (χ3n) is 5.13. The van der Waals surface area contributed by atoms with Crippen molar-refractivity contribution in [3.8, 4) is 0 Å². The van der Waals surface area contributed by atoms with Crippen molar-refractivity contribution in [1.29, 1.82) is 0 Å². The summed E-state index contributed by atoms with van der Waals surface area (Å²) in [6, 6.07) is 8.96. The first kappa shape index (κ1) is 19.0. The molecule has 0 bridgehead atoms. The summed E-state index contributed by atoms with van der Waals surface area (Å²) in [5.74, 6) is -1.09. The van der Waals surface area contributed by atoms with Gasteiger partial charge in [0.1, 0.15) is 17.4 Å². The lowest BCUT2D eigenvalue weighted by molar-refractivity contribution is -0.118. The van der Waals surface area contributed by atoms with Gasteiger partial charge in [-0.3, -0.25) is 14.3 Å². The van der Waals surface area contributed by atoms with E-state index in [1.807, 2.05) is 0 Å². The van der Waals surface area contributed by atoms with Gasteiger partial charge in [-0.05, 0) is 42.3 Å². The van der Waals surface area contributed by atoms with Crippen LogP contribution < -0.4 is 5.56 Å². The minimum absolute atomic E-state index is 0.0323. The fourth-order valence-corrected chi connectivity index (χ4v) is 3.65. The van der Waals surface area contributed by atoms with E-state index < -0.39 is 11.6 Å². The van der Waals surface area contributed by atoms with Crippen LogP contribution in [-0.2, 0) is 24.8 Å². The number of hydrogen-bond donors (Lipinski definition) is 0. The Bertz CT molecular complexity index is 1320. The number of aryl methyl sites for hydroxylation is 3. The highest BCUT2D eigenvalue weighted by molar-refractivity contribution is 6.03. The van der Waals surface area contributed by atoms with Crippen molar-refractivity contribution in [2.75, 3.05) is 0 Å². The maximum atomic E-state index is 14.0. The highest BCUT2D eigenvalue weighted by atomic mass is 19.1. The molecule has 0 saturated carbocycles. The summed E-state index contributed by atoms with van der Waals surface area (Å²) >= 11 is 0. The molecule has 4 rings (SSSR count). The number of nitrogens with zero attached hydrogens (tertiary/aromatic N) is 3. The first-order valence-corrected chi connectivity index (χ1v) is 9.25. The lowest BCUT2D eigenvalue weighted by Gasteiger charge is -2.12. The smallest absolute Gasteiger partial charge is 0.262 e. The van der Waals surface area contributed by atoms with Crippen LogP contribution in [0.1, 0.15) is 17.5 Å². The molecule has 0 radical (unpaired) electrons. The molecule has 0 aliphatic rings. The summed E-state index contributed by atoms with van der Waals surface area (Å²) in [4.78, 5) is 25.4. The van der Waals surface area contributed by atoms with E-state index in [1.54, 1.807) is 36.9 Å². The van der Waals surface area contributed by atoms with E-state index in [-0.39, 0.29) is 30.7 Å². The summed E-state index contributed by atoms with van der Waals surface area (Å²) in [6.45, 7) is 1.86. The number of carbonyl (C=O) groups is 1. The minimum Gasteiger partial charge on any atom is -0.307 e. The molecule has 0 saturated heterocycles. The second-order valence-corrected chi connectivity index (χ2v) is 7.21. The lowest BCUT2D eigenvalue weighted by Crippen LogP contribution is -2.23. The SMILES string of the molecule is Cc1ccc(CC(=O)CCn2c(=O)c3cnn(C)c3c3ccc(F)cc32)c(F)c1. The second kappa shape index (κ2) is 7.24. The normalized spacial score (nSPS) is 11.4. The number of aromatic nitrogens is 3. The van der Waals surface area contributed by atoms with E-state index in [0.717, 1.165) is 5.56 Å². The molecule has 0 spiro atoms. The van der Waals surface area contributed by atoms with Crippen LogP contribution >= 0.6 is 0 Å². The Labute approximate surface area is 165 Å². The molecule has 0 amide bonds. The molecule has 7 heteroatoms. The van der Waals surface area contributed by atoms with E-state index in [4.69, 9.17) is 0 Å². The van der Waals surface area contributed by atoms with Gasteiger partial charge in [-0.1, -0.05) is 12.1 Å². The molecule has 0 aliphatic carbocycles.